The van der Waals surface area contributed by atoms with E-state index in [0.717, 1.165) is 25.7 Å². The molecule has 0 fully saturated rings. The van der Waals surface area contributed by atoms with Crippen LogP contribution in [-0.2, 0) is 22.9 Å². The number of benzene rings is 1. The van der Waals surface area contributed by atoms with Crippen LogP contribution in [0, 0.1) is 5.92 Å². The summed E-state index contributed by atoms with van der Waals surface area (Å²) in [5.41, 5.74) is 2.46. The second-order valence-electron chi connectivity index (χ2n) is 5.78. The largest absolute Gasteiger partial charge is 0.396 e. The van der Waals surface area contributed by atoms with Crippen molar-refractivity contribution in [1.82, 2.24) is 4.72 Å². The van der Waals surface area contributed by atoms with Crippen LogP contribution < -0.4 is 4.72 Å². The molecule has 0 spiro atoms. The summed E-state index contributed by atoms with van der Waals surface area (Å²) in [4.78, 5) is 0.363. The van der Waals surface area contributed by atoms with E-state index in [2.05, 4.69) is 4.72 Å². The van der Waals surface area contributed by atoms with Crippen molar-refractivity contribution in [2.24, 2.45) is 5.92 Å². The van der Waals surface area contributed by atoms with E-state index < -0.39 is 10.0 Å². The predicted octanol–water partition coefficient (Wildman–Crippen LogP) is 2.25. The van der Waals surface area contributed by atoms with E-state index in [1.54, 1.807) is 6.07 Å². The second-order valence-corrected chi connectivity index (χ2v) is 7.54. The van der Waals surface area contributed by atoms with Gasteiger partial charge >= 0.3 is 0 Å². The zero-order chi connectivity index (χ0) is 15.3. The first-order valence-corrected chi connectivity index (χ1v) is 9.27. The fourth-order valence-electron chi connectivity index (χ4n) is 2.82. The smallest absolute Gasteiger partial charge is 0.240 e. The molecular formula is C16H25NO3S. The number of rotatable bonds is 7. The lowest BCUT2D eigenvalue weighted by Crippen LogP contribution is -2.29. The Kier molecular flexibility index (Phi) is 5.79. The summed E-state index contributed by atoms with van der Waals surface area (Å²) < 4.78 is 27.4. The molecule has 0 amide bonds. The zero-order valence-electron chi connectivity index (χ0n) is 12.6. The number of aryl methyl sites for hydroxylation is 2. The van der Waals surface area contributed by atoms with Gasteiger partial charge < -0.3 is 5.11 Å². The molecule has 0 aliphatic heterocycles. The Balaban J connectivity index is 2.08. The number of sulfonamides is 1. The Bertz CT molecular complexity index is 569. The first-order valence-electron chi connectivity index (χ1n) is 7.79. The van der Waals surface area contributed by atoms with E-state index in [4.69, 9.17) is 5.11 Å². The van der Waals surface area contributed by atoms with Gasteiger partial charge in [0, 0.05) is 13.2 Å². The van der Waals surface area contributed by atoms with Crippen LogP contribution in [0.2, 0.25) is 0 Å². The summed E-state index contributed by atoms with van der Waals surface area (Å²) in [5.74, 6) is 0.183. The normalized spacial score (nSPS) is 16.5. The van der Waals surface area contributed by atoms with Crippen LogP contribution in [0.1, 0.15) is 43.7 Å². The van der Waals surface area contributed by atoms with Gasteiger partial charge in [0.05, 0.1) is 4.90 Å². The monoisotopic (exact) mass is 311 g/mol. The first-order chi connectivity index (χ1) is 10.1. The van der Waals surface area contributed by atoms with Gasteiger partial charge in [-0.25, -0.2) is 13.1 Å². The van der Waals surface area contributed by atoms with Gasteiger partial charge in [-0.1, -0.05) is 19.4 Å². The fourth-order valence-corrected chi connectivity index (χ4v) is 3.99. The topological polar surface area (TPSA) is 66.4 Å². The molecule has 0 saturated carbocycles. The van der Waals surface area contributed by atoms with Crippen LogP contribution in [0.25, 0.3) is 0 Å². The van der Waals surface area contributed by atoms with Crippen LogP contribution in [-0.4, -0.2) is 26.7 Å². The van der Waals surface area contributed by atoms with Crippen LogP contribution in [0.4, 0.5) is 0 Å². The Morgan fingerprint density at radius 2 is 1.95 bits per heavy atom. The van der Waals surface area contributed by atoms with Gasteiger partial charge in [-0.3, -0.25) is 0 Å². The third-order valence-electron chi connectivity index (χ3n) is 4.31. The Labute approximate surface area is 127 Å². The molecule has 0 radical (unpaired) electrons. The Morgan fingerprint density at radius 1 is 1.24 bits per heavy atom. The third kappa shape index (κ3) is 4.28. The van der Waals surface area contributed by atoms with Gasteiger partial charge in [-0.15, -0.1) is 0 Å². The van der Waals surface area contributed by atoms with Gasteiger partial charge in [0.1, 0.15) is 0 Å². The standard InChI is InChI=1S/C16H25NO3S/c1-2-13(9-10-18)12-17-21(19,20)16-8-7-14-5-3-4-6-15(14)11-16/h7-8,11,13,17-18H,2-6,9-10,12H2,1H3. The average molecular weight is 311 g/mol. The molecule has 1 aliphatic carbocycles. The van der Waals surface area contributed by atoms with Crippen molar-refractivity contribution in [2.45, 2.75) is 50.3 Å². The van der Waals surface area contributed by atoms with Crippen LogP contribution >= 0.6 is 0 Å². The molecule has 1 unspecified atom stereocenters. The minimum atomic E-state index is -3.45. The molecule has 0 bridgehead atoms. The summed E-state index contributed by atoms with van der Waals surface area (Å²) in [6.07, 6.45) is 5.84. The van der Waals surface area contributed by atoms with Crippen molar-refractivity contribution in [3.8, 4) is 0 Å². The maximum absolute atomic E-state index is 12.4. The lowest BCUT2D eigenvalue weighted by molar-refractivity contribution is 0.254. The molecule has 1 aromatic rings. The van der Waals surface area contributed by atoms with Gasteiger partial charge in [0.15, 0.2) is 0 Å². The summed E-state index contributed by atoms with van der Waals surface area (Å²) in [6.45, 7) is 2.49. The van der Waals surface area contributed by atoms with E-state index >= 15 is 0 Å². The van der Waals surface area contributed by atoms with E-state index in [-0.39, 0.29) is 12.5 Å². The highest BCUT2D eigenvalue weighted by Crippen LogP contribution is 2.24. The van der Waals surface area contributed by atoms with Crippen molar-refractivity contribution in [3.05, 3.63) is 29.3 Å². The minimum absolute atomic E-state index is 0.0963. The molecule has 2 N–H and O–H groups in total. The Morgan fingerprint density at radius 3 is 2.62 bits per heavy atom. The summed E-state index contributed by atoms with van der Waals surface area (Å²) >= 11 is 0. The van der Waals surface area contributed by atoms with Gasteiger partial charge in [-0.2, -0.15) is 0 Å². The van der Waals surface area contributed by atoms with Gasteiger partial charge in [0.25, 0.3) is 0 Å². The fraction of sp³-hybridized carbons (Fsp3) is 0.625. The predicted molar refractivity (Wildman–Crippen MR) is 83.8 cm³/mol. The quantitative estimate of drug-likeness (QED) is 0.811. The zero-order valence-corrected chi connectivity index (χ0v) is 13.5. The molecule has 118 valence electrons. The SMILES string of the molecule is CCC(CCO)CNS(=O)(=O)c1ccc2c(c1)CCCC2. The molecule has 4 nitrogen and oxygen atoms in total. The molecule has 0 aromatic heterocycles. The first kappa shape index (κ1) is 16.5. The highest BCUT2D eigenvalue weighted by molar-refractivity contribution is 7.89. The van der Waals surface area contributed by atoms with E-state index in [0.29, 0.717) is 17.9 Å². The molecular weight excluding hydrogens is 286 g/mol. The lowest BCUT2D eigenvalue weighted by Gasteiger charge is -2.18. The lowest BCUT2D eigenvalue weighted by atomic mass is 9.92. The van der Waals surface area contributed by atoms with Crippen LogP contribution in [0.15, 0.2) is 23.1 Å². The van der Waals surface area contributed by atoms with Crippen LogP contribution in [0.3, 0.4) is 0 Å². The third-order valence-corrected chi connectivity index (χ3v) is 5.73. The molecule has 2 rings (SSSR count). The number of aliphatic hydroxyl groups is 1. The van der Waals surface area contributed by atoms with Crippen molar-refractivity contribution >= 4 is 10.0 Å². The minimum Gasteiger partial charge on any atom is -0.396 e. The van der Waals surface area contributed by atoms with E-state index in [1.165, 1.54) is 17.5 Å². The van der Waals surface area contributed by atoms with Crippen LogP contribution in [0.5, 0.6) is 0 Å². The molecule has 1 aromatic carbocycles. The average Bonchev–Trinajstić information content (AvgIpc) is 2.51. The van der Waals surface area contributed by atoms with E-state index in [9.17, 15) is 8.42 Å². The molecule has 5 heteroatoms. The number of nitrogens with one attached hydrogen (secondary N) is 1. The highest BCUT2D eigenvalue weighted by Gasteiger charge is 2.18. The van der Waals surface area contributed by atoms with Gasteiger partial charge in [0.2, 0.25) is 10.0 Å². The Hall–Kier alpha value is -0.910. The summed E-state index contributed by atoms with van der Waals surface area (Å²) in [7, 11) is -3.45. The van der Waals surface area contributed by atoms with Crippen molar-refractivity contribution in [2.75, 3.05) is 13.2 Å². The molecule has 21 heavy (non-hydrogen) atoms. The summed E-state index contributed by atoms with van der Waals surface area (Å²) in [5, 5.41) is 8.97. The number of fused-ring (bicyclic) bond motifs is 1. The maximum atomic E-state index is 12.4. The molecule has 1 aliphatic rings. The van der Waals surface area contributed by atoms with Crippen molar-refractivity contribution in [1.29, 1.82) is 0 Å². The van der Waals surface area contributed by atoms with Gasteiger partial charge in [-0.05, 0) is 61.3 Å². The number of aliphatic hydroxyl groups excluding tert-OH is 1. The number of hydrogen-bond acceptors (Lipinski definition) is 3. The second kappa shape index (κ2) is 7.38. The highest BCUT2D eigenvalue weighted by atomic mass is 32.2. The molecule has 1 atom stereocenters. The molecule has 0 heterocycles. The molecule has 0 saturated heterocycles. The summed E-state index contributed by atoms with van der Waals surface area (Å²) in [6, 6.07) is 5.48. The van der Waals surface area contributed by atoms with Crippen molar-refractivity contribution in [3.63, 3.8) is 0 Å². The maximum Gasteiger partial charge on any atom is 0.240 e. The van der Waals surface area contributed by atoms with E-state index in [1.807, 2.05) is 19.1 Å². The number of hydrogen-bond donors (Lipinski definition) is 2. The van der Waals surface area contributed by atoms with Crippen molar-refractivity contribution < 1.29 is 13.5 Å².